The van der Waals surface area contributed by atoms with Crippen LogP contribution in [0.15, 0.2) is 18.2 Å². The third kappa shape index (κ3) is 2.93. The monoisotopic (exact) mass is 285 g/mol. The minimum absolute atomic E-state index is 0.166. The fourth-order valence-corrected chi connectivity index (χ4v) is 3.91. The predicted molar refractivity (Wildman–Crippen MR) is 72.3 cm³/mol. The summed E-state index contributed by atoms with van der Waals surface area (Å²) in [5, 5.41) is 3.60. The van der Waals surface area contributed by atoms with E-state index in [1.165, 1.54) is 24.3 Å². The molecule has 0 aromatic heterocycles. The average molecular weight is 285 g/mol. The van der Waals surface area contributed by atoms with Gasteiger partial charge in [-0.25, -0.2) is 8.78 Å². The van der Waals surface area contributed by atoms with Crippen LogP contribution in [-0.2, 0) is 4.74 Å². The maximum absolute atomic E-state index is 13.3. The third-order valence-electron chi connectivity index (χ3n) is 3.74. The Balaban J connectivity index is 1.72. The van der Waals surface area contributed by atoms with Gasteiger partial charge in [0.05, 0.1) is 6.10 Å². The van der Waals surface area contributed by atoms with Crippen LogP contribution in [-0.4, -0.2) is 30.2 Å². The van der Waals surface area contributed by atoms with Gasteiger partial charge < -0.3 is 10.1 Å². The smallest absolute Gasteiger partial charge is 0.159 e. The Labute approximate surface area is 115 Å². The number of thioether (sulfide) groups is 1. The summed E-state index contributed by atoms with van der Waals surface area (Å²) in [4.78, 5) is 0. The topological polar surface area (TPSA) is 21.3 Å². The number of hydrogen-bond donors (Lipinski definition) is 1. The number of benzene rings is 1. The Bertz CT molecular complexity index is 451. The summed E-state index contributed by atoms with van der Waals surface area (Å²) < 4.78 is 32.0. The van der Waals surface area contributed by atoms with Crippen molar-refractivity contribution in [1.29, 1.82) is 0 Å². The first-order valence-electron chi connectivity index (χ1n) is 6.64. The van der Waals surface area contributed by atoms with Crippen molar-refractivity contribution in [3.8, 4) is 0 Å². The Morgan fingerprint density at radius 1 is 1.21 bits per heavy atom. The van der Waals surface area contributed by atoms with Crippen molar-refractivity contribution in [2.45, 2.75) is 31.0 Å². The molecule has 5 heteroatoms. The van der Waals surface area contributed by atoms with Gasteiger partial charge in [-0.15, -0.1) is 0 Å². The molecule has 0 amide bonds. The second-order valence-electron chi connectivity index (χ2n) is 5.09. The van der Waals surface area contributed by atoms with Gasteiger partial charge >= 0.3 is 0 Å². The minimum atomic E-state index is -0.807. The van der Waals surface area contributed by atoms with Crippen molar-refractivity contribution in [1.82, 2.24) is 5.32 Å². The molecule has 3 atom stereocenters. The van der Waals surface area contributed by atoms with E-state index in [1.54, 1.807) is 6.07 Å². The zero-order valence-electron chi connectivity index (χ0n) is 10.6. The Kier molecular flexibility index (Phi) is 4.05. The lowest BCUT2D eigenvalue weighted by Crippen LogP contribution is -2.40. The number of ether oxygens (including phenoxy) is 1. The minimum Gasteiger partial charge on any atom is -0.372 e. The Hall–Kier alpha value is -0.650. The molecule has 0 saturated carbocycles. The summed E-state index contributed by atoms with van der Waals surface area (Å²) in [6, 6.07) is 4.77. The fraction of sp³-hybridized carbons (Fsp3) is 0.571. The van der Waals surface area contributed by atoms with E-state index < -0.39 is 11.6 Å². The van der Waals surface area contributed by atoms with Crippen LogP contribution < -0.4 is 5.32 Å². The lowest BCUT2D eigenvalue weighted by molar-refractivity contribution is 0.0966. The lowest BCUT2D eigenvalue weighted by Gasteiger charge is -2.23. The molecule has 2 aliphatic rings. The van der Waals surface area contributed by atoms with Crippen LogP contribution in [0.3, 0.4) is 0 Å². The fourth-order valence-electron chi connectivity index (χ4n) is 2.75. The van der Waals surface area contributed by atoms with E-state index in [4.69, 9.17) is 4.74 Å². The van der Waals surface area contributed by atoms with Crippen molar-refractivity contribution in [2.24, 2.45) is 0 Å². The molecular weight excluding hydrogens is 268 g/mol. The number of halogens is 2. The zero-order valence-corrected chi connectivity index (χ0v) is 11.4. The number of rotatable bonds is 3. The highest BCUT2D eigenvalue weighted by molar-refractivity contribution is 7.99. The highest BCUT2D eigenvalue weighted by Crippen LogP contribution is 2.31. The molecule has 104 valence electrons. The van der Waals surface area contributed by atoms with Gasteiger partial charge in [0.15, 0.2) is 11.6 Å². The van der Waals surface area contributed by atoms with E-state index in [-0.39, 0.29) is 12.1 Å². The van der Waals surface area contributed by atoms with Crippen molar-refractivity contribution in [3.05, 3.63) is 35.4 Å². The molecule has 19 heavy (non-hydrogen) atoms. The summed E-state index contributed by atoms with van der Waals surface area (Å²) in [7, 11) is 0. The van der Waals surface area contributed by atoms with Crippen LogP contribution in [0.5, 0.6) is 0 Å². The molecule has 0 unspecified atom stereocenters. The molecule has 0 spiro atoms. The van der Waals surface area contributed by atoms with E-state index >= 15 is 0 Å². The Morgan fingerprint density at radius 3 is 2.84 bits per heavy atom. The standard InChI is InChI=1S/C14H17F2NOS/c15-11-2-1-9(7-12(11)16)14-13(3-5-18-14)17-10-4-6-19-8-10/h1-2,7,10,13-14,17H,3-6,8H2/t10-,13-,14-/m0/s1. The molecule has 1 aromatic carbocycles. The second kappa shape index (κ2) is 5.77. The molecule has 0 aliphatic carbocycles. The van der Waals surface area contributed by atoms with Gasteiger partial charge in [0.2, 0.25) is 0 Å². The van der Waals surface area contributed by atoms with Crippen LogP contribution in [0.4, 0.5) is 8.78 Å². The van der Waals surface area contributed by atoms with Gasteiger partial charge in [-0.05, 0) is 36.3 Å². The molecule has 2 aliphatic heterocycles. The van der Waals surface area contributed by atoms with Crippen molar-refractivity contribution >= 4 is 11.8 Å². The van der Waals surface area contributed by atoms with Crippen molar-refractivity contribution in [3.63, 3.8) is 0 Å². The maximum atomic E-state index is 13.3. The molecule has 0 bridgehead atoms. The summed E-state index contributed by atoms with van der Waals surface area (Å²) in [5.41, 5.74) is 0.722. The van der Waals surface area contributed by atoms with Crippen LogP contribution in [0, 0.1) is 11.6 Å². The Morgan fingerprint density at radius 2 is 2.11 bits per heavy atom. The molecule has 2 saturated heterocycles. The first-order valence-corrected chi connectivity index (χ1v) is 7.80. The molecule has 1 N–H and O–H groups in total. The van der Waals surface area contributed by atoms with Crippen LogP contribution in [0.25, 0.3) is 0 Å². The SMILES string of the molecule is Fc1ccc([C@@H]2OCC[C@@H]2N[C@H]2CCSC2)cc1F. The van der Waals surface area contributed by atoms with Crippen LogP contribution in [0.2, 0.25) is 0 Å². The van der Waals surface area contributed by atoms with Gasteiger partial charge in [-0.1, -0.05) is 6.07 Å². The van der Waals surface area contributed by atoms with E-state index in [2.05, 4.69) is 5.32 Å². The normalized spacial score (nSPS) is 30.9. The van der Waals surface area contributed by atoms with Crippen molar-refractivity contribution in [2.75, 3.05) is 18.1 Å². The first-order chi connectivity index (χ1) is 9.24. The zero-order chi connectivity index (χ0) is 13.2. The summed E-state index contributed by atoms with van der Waals surface area (Å²) in [6.07, 6.45) is 1.93. The van der Waals surface area contributed by atoms with E-state index in [9.17, 15) is 8.78 Å². The van der Waals surface area contributed by atoms with Gasteiger partial charge in [0.25, 0.3) is 0 Å². The van der Waals surface area contributed by atoms with Gasteiger partial charge in [0.1, 0.15) is 0 Å². The summed E-state index contributed by atoms with van der Waals surface area (Å²) in [5.74, 6) is 0.712. The highest BCUT2D eigenvalue weighted by atomic mass is 32.2. The van der Waals surface area contributed by atoms with Crippen LogP contribution >= 0.6 is 11.8 Å². The molecule has 2 heterocycles. The molecule has 2 fully saturated rings. The van der Waals surface area contributed by atoms with Gasteiger partial charge in [-0.2, -0.15) is 11.8 Å². The summed E-state index contributed by atoms with van der Waals surface area (Å²) >= 11 is 1.95. The molecular formula is C14H17F2NOS. The van der Waals surface area contributed by atoms with Crippen LogP contribution in [0.1, 0.15) is 24.5 Å². The maximum Gasteiger partial charge on any atom is 0.159 e. The number of hydrogen-bond acceptors (Lipinski definition) is 3. The molecule has 2 nitrogen and oxygen atoms in total. The number of nitrogens with one attached hydrogen (secondary N) is 1. The molecule has 3 rings (SSSR count). The molecule has 1 aromatic rings. The van der Waals surface area contributed by atoms with Gasteiger partial charge in [-0.3, -0.25) is 0 Å². The quantitative estimate of drug-likeness (QED) is 0.922. The average Bonchev–Trinajstić information content (AvgIpc) is 3.05. The van der Waals surface area contributed by atoms with Crippen molar-refractivity contribution < 1.29 is 13.5 Å². The van der Waals surface area contributed by atoms with Gasteiger partial charge in [0, 0.05) is 24.4 Å². The van der Waals surface area contributed by atoms with E-state index in [0.29, 0.717) is 12.6 Å². The largest absolute Gasteiger partial charge is 0.372 e. The third-order valence-corrected chi connectivity index (χ3v) is 4.91. The predicted octanol–water partition coefficient (Wildman–Crippen LogP) is 2.89. The first kappa shape index (κ1) is 13.3. The second-order valence-corrected chi connectivity index (χ2v) is 6.24. The van der Waals surface area contributed by atoms with E-state index in [0.717, 1.165) is 17.7 Å². The lowest BCUT2D eigenvalue weighted by atomic mass is 10.0. The van der Waals surface area contributed by atoms with E-state index in [1.807, 2.05) is 11.8 Å². The summed E-state index contributed by atoms with van der Waals surface area (Å²) in [6.45, 7) is 0.668. The highest BCUT2D eigenvalue weighted by Gasteiger charge is 2.32. The molecule has 0 radical (unpaired) electrons.